The minimum absolute atomic E-state index is 0.220. The predicted molar refractivity (Wildman–Crippen MR) is 134 cm³/mol. The molecule has 6 nitrogen and oxygen atoms in total. The molecule has 0 fully saturated rings. The molecule has 0 saturated carbocycles. The maximum absolute atomic E-state index is 13.2. The molecule has 4 rings (SSSR count). The lowest BCUT2D eigenvalue weighted by Crippen LogP contribution is -2.30. The van der Waals surface area contributed by atoms with Gasteiger partial charge < -0.3 is 10.1 Å². The van der Waals surface area contributed by atoms with E-state index in [0.717, 1.165) is 15.6 Å². The largest absolute Gasteiger partial charge is 0.497 e. The quantitative estimate of drug-likeness (QED) is 0.369. The molecule has 0 bridgehead atoms. The zero-order chi connectivity index (χ0) is 23.6. The Morgan fingerprint density at radius 1 is 1.00 bits per heavy atom. The first-order chi connectivity index (χ1) is 15.8. The third kappa shape index (κ3) is 4.72. The van der Waals surface area contributed by atoms with Crippen LogP contribution in [0.3, 0.4) is 0 Å². The van der Waals surface area contributed by atoms with E-state index in [-0.39, 0.29) is 17.3 Å². The molecule has 0 aliphatic heterocycles. The summed E-state index contributed by atoms with van der Waals surface area (Å²) in [6.07, 6.45) is 0. The van der Waals surface area contributed by atoms with Crippen LogP contribution in [0.1, 0.15) is 22.2 Å². The van der Waals surface area contributed by atoms with E-state index in [4.69, 9.17) is 4.74 Å². The van der Waals surface area contributed by atoms with Crippen molar-refractivity contribution in [3.8, 4) is 5.75 Å². The number of methoxy groups -OCH3 is 1. The molecule has 0 saturated heterocycles. The molecular formula is C25H24N2O4S2. The first-order valence-electron chi connectivity index (χ1n) is 10.4. The highest BCUT2D eigenvalue weighted by Gasteiger charge is 2.24. The summed E-state index contributed by atoms with van der Waals surface area (Å²) >= 11 is 1.36. The van der Waals surface area contributed by atoms with Gasteiger partial charge in [-0.15, -0.1) is 11.3 Å². The van der Waals surface area contributed by atoms with Gasteiger partial charge in [0.05, 0.1) is 22.6 Å². The topological polar surface area (TPSA) is 75.7 Å². The van der Waals surface area contributed by atoms with Gasteiger partial charge in [0.2, 0.25) is 0 Å². The van der Waals surface area contributed by atoms with Gasteiger partial charge >= 0.3 is 0 Å². The highest BCUT2D eigenvalue weighted by atomic mass is 32.2. The molecule has 8 heteroatoms. The second kappa shape index (κ2) is 9.25. The van der Waals surface area contributed by atoms with Crippen molar-refractivity contribution in [1.82, 2.24) is 0 Å². The zero-order valence-electron chi connectivity index (χ0n) is 18.5. The minimum atomic E-state index is -3.70. The number of nitrogens with one attached hydrogen (secondary N) is 1. The summed E-state index contributed by atoms with van der Waals surface area (Å²) in [4.78, 5) is 13.5. The number of benzene rings is 3. The van der Waals surface area contributed by atoms with Crippen molar-refractivity contribution in [3.05, 3.63) is 83.2 Å². The van der Waals surface area contributed by atoms with E-state index in [1.807, 2.05) is 19.1 Å². The number of anilines is 2. The van der Waals surface area contributed by atoms with Gasteiger partial charge in [-0.1, -0.05) is 17.7 Å². The SMILES string of the molecule is CCN(c1ccc2sc(C(=O)Nc3ccc(OC)cc3)cc2c1)S(=O)(=O)c1ccc(C)cc1. The van der Waals surface area contributed by atoms with Crippen LogP contribution in [0, 0.1) is 6.92 Å². The van der Waals surface area contributed by atoms with Crippen LogP contribution >= 0.6 is 11.3 Å². The van der Waals surface area contributed by atoms with Crippen molar-refractivity contribution in [1.29, 1.82) is 0 Å². The number of nitrogens with zero attached hydrogens (tertiary/aromatic N) is 1. The molecule has 1 aromatic heterocycles. The van der Waals surface area contributed by atoms with Crippen molar-refractivity contribution in [2.24, 2.45) is 0 Å². The number of hydrogen-bond donors (Lipinski definition) is 1. The Hall–Kier alpha value is -3.36. The fourth-order valence-corrected chi connectivity index (χ4v) is 5.90. The molecule has 0 atom stereocenters. The number of aryl methyl sites for hydroxylation is 1. The highest BCUT2D eigenvalue weighted by molar-refractivity contribution is 7.92. The summed E-state index contributed by atoms with van der Waals surface area (Å²) in [5, 5.41) is 3.69. The third-order valence-corrected chi connectivity index (χ3v) is 8.29. The number of hydrogen-bond acceptors (Lipinski definition) is 5. The van der Waals surface area contributed by atoms with E-state index < -0.39 is 10.0 Å². The third-order valence-electron chi connectivity index (χ3n) is 5.26. The Balaban J connectivity index is 1.61. The monoisotopic (exact) mass is 480 g/mol. The molecule has 3 aromatic carbocycles. The number of sulfonamides is 1. The molecule has 0 aliphatic rings. The Morgan fingerprint density at radius 3 is 2.33 bits per heavy atom. The van der Waals surface area contributed by atoms with Gasteiger partial charge in [-0.3, -0.25) is 9.10 Å². The molecule has 0 radical (unpaired) electrons. The van der Waals surface area contributed by atoms with Crippen LogP contribution in [-0.4, -0.2) is 28.0 Å². The van der Waals surface area contributed by atoms with E-state index >= 15 is 0 Å². The maximum Gasteiger partial charge on any atom is 0.265 e. The Bertz CT molecular complexity index is 1390. The summed E-state index contributed by atoms with van der Waals surface area (Å²) < 4.78 is 33.9. The fourth-order valence-electron chi connectivity index (χ4n) is 3.49. The van der Waals surface area contributed by atoms with Gasteiger partial charge in [-0.2, -0.15) is 0 Å². The average molecular weight is 481 g/mol. The summed E-state index contributed by atoms with van der Waals surface area (Å²) in [6, 6.07) is 21.2. The summed E-state index contributed by atoms with van der Waals surface area (Å²) in [7, 11) is -2.11. The Labute approximate surface area is 197 Å². The Kier molecular flexibility index (Phi) is 6.40. The van der Waals surface area contributed by atoms with E-state index in [1.165, 1.54) is 15.6 Å². The highest BCUT2D eigenvalue weighted by Crippen LogP contribution is 2.32. The summed E-state index contributed by atoms with van der Waals surface area (Å²) in [5.74, 6) is 0.492. The molecule has 0 spiro atoms. The summed E-state index contributed by atoms with van der Waals surface area (Å²) in [6.45, 7) is 4.01. The fraction of sp³-hybridized carbons (Fsp3) is 0.160. The molecule has 33 heavy (non-hydrogen) atoms. The van der Waals surface area contributed by atoms with E-state index in [0.29, 0.717) is 22.0 Å². The molecule has 1 N–H and O–H groups in total. The molecule has 1 amide bonds. The lowest BCUT2D eigenvalue weighted by molar-refractivity contribution is 0.103. The number of amides is 1. The number of ether oxygens (including phenoxy) is 1. The van der Waals surface area contributed by atoms with Gasteiger partial charge in [-0.05, 0) is 79.9 Å². The average Bonchev–Trinajstić information content (AvgIpc) is 3.24. The van der Waals surface area contributed by atoms with Crippen LogP contribution in [0.15, 0.2) is 77.7 Å². The van der Waals surface area contributed by atoms with Crippen LogP contribution in [0.2, 0.25) is 0 Å². The van der Waals surface area contributed by atoms with Crippen LogP contribution in [0.25, 0.3) is 10.1 Å². The molecular weight excluding hydrogens is 456 g/mol. The lowest BCUT2D eigenvalue weighted by Gasteiger charge is -2.23. The number of carbonyl (C=O) groups is 1. The smallest absolute Gasteiger partial charge is 0.265 e. The first kappa shape index (κ1) is 22.8. The van der Waals surface area contributed by atoms with Gasteiger partial charge in [0, 0.05) is 16.9 Å². The second-order valence-electron chi connectivity index (χ2n) is 7.50. The van der Waals surface area contributed by atoms with Crippen molar-refractivity contribution in [2.75, 3.05) is 23.3 Å². The number of rotatable bonds is 7. The van der Waals surface area contributed by atoms with Crippen LogP contribution in [-0.2, 0) is 10.0 Å². The van der Waals surface area contributed by atoms with E-state index in [9.17, 15) is 13.2 Å². The van der Waals surface area contributed by atoms with E-state index in [1.54, 1.807) is 74.7 Å². The van der Waals surface area contributed by atoms with Gasteiger partial charge in [0.25, 0.3) is 15.9 Å². The first-order valence-corrected chi connectivity index (χ1v) is 12.7. The van der Waals surface area contributed by atoms with Crippen molar-refractivity contribution >= 4 is 48.7 Å². The molecule has 0 unspecified atom stereocenters. The molecule has 170 valence electrons. The van der Waals surface area contributed by atoms with Gasteiger partial charge in [0.1, 0.15) is 5.75 Å². The van der Waals surface area contributed by atoms with Crippen molar-refractivity contribution in [2.45, 2.75) is 18.7 Å². The van der Waals surface area contributed by atoms with Gasteiger partial charge in [-0.25, -0.2) is 8.42 Å². The normalized spacial score (nSPS) is 11.4. The van der Waals surface area contributed by atoms with Crippen molar-refractivity contribution in [3.63, 3.8) is 0 Å². The minimum Gasteiger partial charge on any atom is -0.497 e. The number of fused-ring (bicyclic) bond motifs is 1. The predicted octanol–water partition coefficient (Wildman–Crippen LogP) is 5.69. The van der Waals surface area contributed by atoms with Crippen LogP contribution in [0.5, 0.6) is 5.75 Å². The molecule has 4 aromatic rings. The van der Waals surface area contributed by atoms with Crippen molar-refractivity contribution < 1.29 is 17.9 Å². The van der Waals surface area contributed by atoms with E-state index in [2.05, 4.69) is 5.32 Å². The zero-order valence-corrected chi connectivity index (χ0v) is 20.2. The second-order valence-corrected chi connectivity index (χ2v) is 10.4. The number of thiophene rings is 1. The molecule has 0 aliphatic carbocycles. The van der Waals surface area contributed by atoms with Crippen LogP contribution in [0.4, 0.5) is 11.4 Å². The van der Waals surface area contributed by atoms with Crippen LogP contribution < -0.4 is 14.4 Å². The Morgan fingerprint density at radius 2 is 1.70 bits per heavy atom. The molecule has 1 heterocycles. The maximum atomic E-state index is 13.2. The standard InChI is InChI=1S/C25H24N2O4S2/c1-4-27(33(29,30)22-12-5-17(2)6-13-22)20-9-14-23-18(15-20)16-24(32-23)25(28)26-19-7-10-21(31-3)11-8-19/h5-16H,4H2,1-3H3,(H,26,28). The summed E-state index contributed by atoms with van der Waals surface area (Å²) in [5.41, 5.74) is 2.22. The van der Waals surface area contributed by atoms with Gasteiger partial charge in [0.15, 0.2) is 0 Å². The lowest BCUT2D eigenvalue weighted by atomic mass is 10.2. The number of carbonyl (C=O) groups excluding carboxylic acids is 1.